The number of nitrogens with zero attached hydrogens (tertiary/aromatic N) is 4. The van der Waals surface area contributed by atoms with E-state index in [1.165, 1.54) is 18.1 Å². The summed E-state index contributed by atoms with van der Waals surface area (Å²) < 4.78 is 1.75. The summed E-state index contributed by atoms with van der Waals surface area (Å²) in [6.45, 7) is 3.92. The molecule has 21 heavy (non-hydrogen) atoms. The molecule has 0 atom stereocenters. The second kappa shape index (κ2) is 5.57. The largest absolute Gasteiger partial charge is 0.393 e. The summed E-state index contributed by atoms with van der Waals surface area (Å²) in [6.07, 6.45) is 1.52. The van der Waals surface area contributed by atoms with Crippen LogP contribution in [0.15, 0.2) is 52.6 Å². The summed E-state index contributed by atoms with van der Waals surface area (Å²) in [4.78, 5) is 9.64. The Bertz CT molecular complexity index is 767. The molecule has 0 unspecified atom stereocenters. The highest BCUT2D eigenvalue weighted by Crippen LogP contribution is 2.32. The SMILES string of the molecule is Cc1cc(C)n(-c2ncnc(Sc3ccccc3)c2N)n1. The lowest BCUT2D eigenvalue weighted by Gasteiger charge is -2.09. The van der Waals surface area contributed by atoms with Crippen LogP contribution in [-0.4, -0.2) is 19.7 Å². The third-order valence-corrected chi connectivity index (χ3v) is 4.02. The van der Waals surface area contributed by atoms with E-state index in [2.05, 4.69) is 15.1 Å². The van der Waals surface area contributed by atoms with E-state index in [1.807, 2.05) is 50.2 Å². The van der Waals surface area contributed by atoms with E-state index in [1.54, 1.807) is 4.68 Å². The maximum atomic E-state index is 6.23. The van der Waals surface area contributed by atoms with E-state index in [0.29, 0.717) is 11.5 Å². The molecule has 0 saturated heterocycles. The van der Waals surface area contributed by atoms with Gasteiger partial charge in [0.1, 0.15) is 17.0 Å². The van der Waals surface area contributed by atoms with Gasteiger partial charge in [-0.15, -0.1) is 0 Å². The van der Waals surface area contributed by atoms with Crippen LogP contribution in [0.1, 0.15) is 11.4 Å². The van der Waals surface area contributed by atoms with Gasteiger partial charge in [-0.25, -0.2) is 14.6 Å². The van der Waals surface area contributed by atoms with Gasteiger partial charge in [0.15, 0.2) is 5.82 Å². The van der Waals surface area contributed by atoms with Gasteiger partial charge in [-0.3, -0.25) is 0 Å². The lowest BCUT2D eigenvalue weighted by atomic mass is 10.4. The molecule has 0 aliphatic heterocycles. The van der Waals surface area contributed by atoms with Crippen molar-refractivity contribution in [3.8, 4) is 5.82 Å². The van der Waals surface area contributed by atoms with Crippen LogP contribution in [0.3, 0.4) is 0 Å². The minimum atomic E-state index is 0.539. The van der Waals surface area contributed by atoms with Gasteiger partial charge in [0.2, 0.25) is 0 Å². The first-order valence-electron chi connectivity index (χ1n) is 6.52. The van der Waals surface area contributed by atoms with E-state index in [4.69, 9.17) is 5.73 Å². The van der Waals surface area contributed by atoms with Crippen molar-refractivity contribution in [2.75, 3.05) is 5.73 Å². The van der Waals surface area contributed by atoms with E-state index in [-0.39, 0.29) is 0 Å². The fourth-order valence-electron chi connectivity index (χ4n) is 2.06. The first kappa shape index (κ1) is 13.6. The van der Waals surface area contributed by atoms with Crippen molar-refractivity contribution in [1.82, 2.24) is 19.7 Å². The van der Waals surface area contributed by atoms with Gasteiger partial charge < -0.3 is 5.73 Å². The number of aromatic nitrogens is 4. The molecule has 3 aromatic rings. The normalized spacial score (nSPS) is 10.8. The molecule has 2 N–H and O–H groups in total. The molecule has 5 nitrogen and oxygen atoms in total. The average molecular weight is 297 g/mol. The number of benzene rings is 1. The molecule has 1 aromatic carbocycles. The molecule has 0 saturated carbocycles. The fraction of sp³-hybridized carbons (Fsp3) is 0.133. The summed E-state index contributed by atoms with van der Waals surface area (Å²) in [5, 5.41) is 5.16. The van der Waals surface area contributed by atoms with Gasteiger partial charge in [0.25, 0.3) is 0 Å². The Morgan fingerprint density at radius 1 is 1.10 bits per heavy atom. The molecule has 0 radical (unpaired) electrons. The van der Waals surface area contributed by atoms with E-state index in [9.17, 15) is 0 Å². The van der Waals surface area contributed by atoms with Gasteiger partial charge in [0, 0.05) is 10.6 Å². The Morgan fingerprint density at radius 3 is 2.52 bits per heavy atom. The monoisotopic (exact) mass is 297 g/mol. The topological polar surface area (TPSA) is 69.6 Å². The summed E-state index contributed by atoms with van der Waals surface area (Å²) in [5.74, 6) is 0.619. The van der Waals surface area contributed by atoms with Crippen molar-refractivity contribution in [1.29, 1.82) is 0 Å². The zero-order valence-electron chi connectivity index (χ0n) is 11.8. The highest BCUT2D eigenvalue weighted by Gasteiger charge is 2.13. The number of rotatable bonds is 3. The number of nitrogen functional groups attached to an aromatic ring is 1. The summed E-state index contributed by atoms with van der Waals surface area (Å²) in [5.41, 5.74) is 8.70. The van der Waals surface area contributed by atoms with Crippen molar-refractivity contribution in [3.63, 3.8) is 0 Å². The van der Waals surface area contributed by atoms with Crippen LogP contribution < -0.4 is 5.73 Å². The Balaban J connectivity index is 2.01. The average Bonchev–Trinajstić information content (AvgIpc) is 2.81. The van der Waals surface area contributed by atoms with Crippen molar-refractivity contribution in [2.45, 2.75) is 23.8 Å². The maximum Gasteiger partial charge on any atom is 0.181 e. The van der Waals surface area contributed by atoms with Gasteiger partial charge in [-0.05, 0) is 32.0 Å². The third kappa shape index (κ3) is 2.75. The molecule has 0 amide bonds. The first-order valence-corrected chi connectivity index (χ1v) is 7.34. The summed E-state index contributed by atoms with van der Waals surface area (Å²) >= 11 is 1.52. The number of nitrogens with two attached hydrogens (primary N) is 1. The van der Waals surface area contributed by atoms with Crippen molar-refractivity contribution in [3.05, 3.63) is 54.1 Å². The molecule has 106 valence electrons. The molecule has 2 aromatic heterocycles. The van der Waals surface area contributed by atoms with Crippen molar-refractivity contribution in [2.24, 2.45) is 0 Å². The highest BCUT2D eigenvalue weighted by molar-refractivity contribution is 7.99. The Hall–Kier alpha value is -2.34. The zero-order chi connectivity index (χ0) is 14.8. The number of anilines is 1. The number of hydrogen-bond donors (Lipinski definition) is 1. The van der Waals surface area contributed by atoms with Gasteiger partial charge in [-0.2, -0.15) is 5.10 Å². The minimum Gasteiger partial charge on any atom is -0.393 e. The van der Waals surface area contributed by atoms with E-state index < -0.39 is 0 Å². The molecule has 3 rings (SSSR count). The third-order valence-electron chi connectivity index (χ3n) is 2.99. The summed E-state index contributed by atoms with van der Waals surface area (Å²) in [7, 11) is 0. The standard InChI is InChI=1S/C15H15N5S/c1-10-8-11(2)20(19-10)14-13(16)15(18-9-17-14)21-12-6-4-3-5-7-12/h3-9H,16H2,1-2H3. The number of hydrogen-bond acceptors (Lipinski definition) is 5. The highest BCUT2D eigenvalue weighted by atomic mass is 32.2. The van der Waals surface area contributed by atoms with E-state index in [0.717, 1.165) is 21.3 Å². The quantitative estimate of drug-likeness (QED) is 0.753. The molecule has 0 bridgehead atoms. The number of aryl methyl sites for hydroxylation is 2. The predicted octanol–water partition coefficient (Wildman–Crippen LogP) is 3.01. The van der Waals surface area contributed by atoms with E-state index >= 15 is 0 Å². The molecule has 6 heteroatoms. The van der Waals surface area contributed by atoms with Gasteiger partial charge in [0.05, 0.1) is 5.69 Å². The van der Waals surface area contributed by atoms with Gasteiger partial charge >= 0.3 is 0 Å². The lowest BCUT2D eigenvalue weighted by molar-refractivity contribution is 0.796. The predicted molar refractivity (Wildman–Crippen MR) is 83.6 cm³/mol. The minimum absolute atomic E-state index is 0.539. The molecule has 0 fully saturated rings. The molecular weight excluding hydrogens is 282 g/mol. The van der Waals surface area contributed by atoms with Crippen LogP contribution >= 0.6 is 11.8 Å². The second-order valence-electron chi connectivity index (χ2n) is 4.67. The molecule has 0 spiro atoms. The Kier molecular flexibility index (Phi) is 3.62. The van der Waals surface area contributed by atoms with Crippen molar-refractivity contribution >= 4 is 17.4 Å². The molecule has 0 aliphatic rings. The molecular formula is C15H15N5S. The Labute approximate surface area is 127 Å². The van der Waals surface area contributed by atoms with Crippen LogP contribution in [0.4, 0.5) is 5.69 Å². The summed E-state index contributed by atoms with van der Waals surface area (Å²) in [6, 6.07) is 12.0. The second-order valence-corrected chi connectivity index (χ2v) is 5.73. The van der Waals surface area contributed by atoms with Crippen LogP contribution in [0.2, 0.25) is 0 Å². The molecule has 0 aliphatic carbocycles. The van der Waals surface area contributed by atoms with Crippen LogP contribution in [0.5, 0.6) is 0 Å². The molecule has 2 heterocycles. The van der Waals surface area contributed by atoms with Gasteiger partial charge in [-0.1, -0.05) is 30.0 Å². The lowest BCUT2D eigenvalue weighted by Crippen LogP contribution is -2.08. The first-order chi connectivity index (χ1) is 10.1. The zero-order valence-corrected chi connectivity index (χ0v) is 12.6. The Morgan fingerprint density at radius 2 is 1.86 bits per heavy atom. The smallest absolute Gasteiger partial charge is 0.181 e. The van der Waals surface area contributed by atoms with Crippen LogP contribution in [0, 0.1) is 13.8 Å². The fourth-order valence-corrected chi connectivity index (χ4v) is 2.88. The maximum absolute atomic E-state index is 6.23. The van der Waals surface area contributed by atoms with Crippen molar-refractivity contribution < 1.29 is 0 Å². The van der Waals surface area contributed by atoms with Crippen LogP contribution in [0.25, 0.3) is 5.82 Å². The van der Waals surface area contributed by atoms with Crippen LogP contribution in [-0.2, 0) is 0 Å².